The fraction of sp³-hybridized carbons (Fsp3) is 0.261. The predicted molar refractivity (Wildman–Crippen MR) is 120 cm³/mol. The van der Waals surface area contributed by atoms with Crippen molar-refractivity contribution in [2.75, 3.05) is 26.8 Å². The molecule has 1 N–H and O–H groups in total. The lowest BCUT2D eigenvalue weighted by Crippen LogP contribution is -2.38. The Hall–Kier alpha value is -3.26. The van der Waals surface area contributed by atoms with Gasteiger partial charge >= 0.3 is 0 Å². The summed E-state index contributed by atoms with van der Waals surface area (Å²) in [4.78, 5) is 38.2. The molecular formula is C23H24N2O5S. The van der Waals surface area contributed by atoms with Gasteiger partial charge in [-0.3, -0.25) is 19.3 Å². The SMILES string of the molecule is CCc1ccc(OCC(=O)NCCN2C(=O)S/C(=C\c3ccc(OC)cc3)C2=O)cc1. The van der Waals surface area contributed by atoms with Gasteiger partial charge in [-0.1, -0.05) is 31.2 Å². The van der Waals surface area contributed by atoms with Crippen molar-refractivity contribution in [1.29, 1.82) is 0 Å². The molecule has 1 aliphatic rings. The van der Waals surface area contributed by atoms with E-state index >= 15 is 0 Å². The first-order valence-corrected chi connectivity index (χ1v) is 10.7. The summed E-state index contributed by atoms with van der Waals surface area (Å²) in [5.74, 6) is 0.637. The zero-order valence-corrected chi connectivity index (χ0v) is 18.2. The molecule has 1 fully saturated rings. The highest BCUT2D eigenvalue weighted by Crippen LogP contribution is 2.32. The molecule has 3 amide bonds. The van der Waals surface area contributed by atoms with E-state index in [0.717, 1.165) is 28.6 Å². The number of hydrogen-bond acceptors (Lipinski definition) is 6. The average molecular weight is 441 g/mol. The molecule has 31 heavy (non-hydrogen) atoms. The molecule has 0 aliphatic carbocycles. The van der Waals surface area contributed by atoms with Crippen LogP contribution in [0.25, 0.3) is 6.08 Å². The van der Waals surface area contributed by atoms with Gasteiger partial charge in [0.2, 0.25) is 0 Å². The highest BCUT2D eigenvalue weighted by atomic mass is 32.2. The Morgan fingerprint density at radius 2 is 1.74 bits per heavy atom. The molecule has 1 heterocycles. The standard InChI is InChI=1S/C23H24N2O5S/c1-3-16-4-10-19(11-5-16)30-15-21(26)24-12-13-25-22(27)20(31-23(25)28)14-17-6-8-18(29-2)9-7-17/h4-11,14H,3,12-13,15H2,1-2H3,(H,24,26)/b20-14-. The van der Waals surface area contributed by atoms with Crippen LogP contribution in [0.15, 0.2) is 53.4 Å². The summed E-state index contributed by atoms with van der Waals surface area (Å²) >= 11 is 0.886. The highest BCUT2D eigenvalue weighted by molar-refractivity contribution is 8.18. The van der Waals surface area contributed by atoms with Crippen molar-refractivity contribution in [3.63, 3.8) is 0 Å². The zero-order chi connectivity index (χ0) is 22.2. The van der Waals surface area contributed by atoms with Crippen LogP contribution in [0.5, 0.6) is 11.5 Å². The van der Waals surface area contributed by atoms with Crippen LogP contribution >= 0.6 is 11.8 Å². The van der Waals surface area contributed by atoms with Crippen LogP contribution in [0.3, 0.4) is 0 Å². The first kappa shape index (κ1) is 22.4. The molecule has 162 valence electrons. The third kappa shape index (κ3) is 6.11. The third-order valence-corrected chi connectivity index (χ3v) is 5.55. The number of imide groups is 1. The number of methoxy groups -OCH3 is 1. The van der Waals surface area contributed by atoms with E-state index < -0.39 is 0 Å². The maximum Gasteiger partial charge on any atom is 0.293 e. The minimum Gasteiger partial charge on any atom is -0.497 e. The van der Waals surface area contributed by atoms with Crippen LogP contribution in [-0.4, -0.2) is 48.8 Å². The number of carbonyl (C=O) groups is 3. The summed E-state index contributed by atoms with van der Waals surface area (Å²) in [5, 5.41) is 2.31. The van der Waals surface area contributed by atoms with E-state index in [1.165, 1.54) is 5.56 Å². The summed E-state index contributed by atoms with van der Waals surface area (Å²) in [6.07, 6.45) is 2.60. The van der Waals surface area contributed by atoms with E-state index in [1.807, 2.05) is 36.4 Å². The first-order valence-electron chi connectivity index (χ1n) is 9.88. The molecule has 1 saturated heterocycles. The number of benzene rings is 2. The van der Waals surface area contributed by atoms with Crippen LogP contribution in [0, 0.1) is 0 Å². The molecule has 0 atom stereocenters. The molecule has 0 aromatic heterocycles. The summed E-state index contributed by atoms with van der Waals surface area (Å²) in [7, 11) is 1.58. The van der Waals surface area contributed by atoms with Gasteiger partial charge in [0.1, 0.15) is 11.5 Å². The maximum atomic E-state index is 12.5. The molecule has 3 rings (SSSR count). The van der Waals surface area contributed by atoms with E-state index in [1.54, 1.807) is 25.3 Å². The van der Waals surface area contributed by atoms with Crippen LogP contribution in [0.4, 0.5) is 4.79 Å². The second kappa shape index (κ2) is 10.7. The Kier molecular flexibility index (Phi) is 7.72. The van der Waals surface area contributed by atoms with Gasteiger partial charge in [-0.2, -0.15) is 0 Å². The summed E-state index contributed by atoms with van der Waals surface area (Å²) < 4.78 is 10.6. The summed E-state index contributed by atoms with van der Waals surface area (Å²) in [5.41, 5.74) is 1.98. The van der Waals surface area contributed by atoms with Gasteiger partial charge in [-0.05, 0) is 59.7 Å². The predicted octanol–water partition coefficient (Wildman–Crippen LogP) is 3.49. The van der Waals surface area contributed by atoms with E-state index in [4.69, 9.17) is 9.47 Å². The molecule has 7 nitrogen and oxygen atoms in total. The molecule has 1 aliphatic heterocycles. The number of thioether (sulfide) groups is 1. The Morgan fingerprint density at radius 1 is 1.06 bits per heavy atom. The molecule has 0 unspecified atom stereocenters. The number of nitrogens with zero attached hydrogens (tertiary/aromatic N) is 1. The van der Waals surface area contributed by atoms with Gasteiger partial charge in [-0.25, -0.2) is 0 Å². The average Bonchev–Trinajstić information content (AvgIpc) is 3.05. The molecule has 0 bridgehead atoms. The molecule has 8 heteroatoms. The smallest absolute Gasteiger partial charge is 0.293 e. The van der Waals surface area contributed by atoms with Gasteiger partial charge in [0.15, 0.2) is 6.61 Å². The van der Waals surface area contributed by atoms with Crippen molar-refractivity contribution in [2.45, 2.75) is 13.3 Å². The molecular weight excluding hydrogens is 416 g/mol. The molecule has 0 spiro atoms. The van der Waals surface area contributed by atoms with Crippen molar-refractivity contribution < 1.29 is 23.9 Å². The fourth-order valence-electron chi connectivity index (χ4n) is 2.87. The third-order valence-electron chi connectivity index (χ3n) is 4.65. The van der Waals surface area contributed by atoms with Gasteiger partial charge in [0.25, 0.3) is 17.1 Å². The van der Waals surface area contributed by atoms with E-state index in [-0.39, 0.29) is 36.7 Å². The molecule has 2 aromatic rings. The second-order valence-corrected chi connectivity index (χ2v) is 7.74. The Labute approximate surface area is 185 Å². The minimum absolute atomic E-state index is 0.0988. The van der Waals surface area contributed by atoms with Crippen LogP contribution < -0.4 is 14.8 Å². The number of rotatable bonds is 9. The fourth-order valence-corrected chi connectivity index (χ4v) is 3.74. The number of hydrogen-bond donors (Lipinski definition) is 1. The molecule has 0 radical (unpaired) electrons. The topological polar surface area (TPSA) is 84.9 Å². The van der Waals surface area contributed by atoms with E-state index in [2.05, 4.69) is 12.2 Å². The summed E-state index contributed by atoms with van der Waals surface area (Å²) in [6.45, 7) is 2.19. The second-order valence-electron chi connectivity index (χ2n) is 6.74. The summed E-state index contributed by atoms with van der Waals surface area (Å²) in [6, 6.07) is 14.7. The normalized spacial score (nSPS) is 14.8. The molecule has 2 aromatic carbocycles. The van der Waals surface area contributed by atoms with Gasteiger partial charge in [0, 0.05) is 13.1 Å². The highest BCUT2D eigenvalue weighted by Gasteiger charge is 2.34. The van der Waals surface area contributed by atoms with Gasteiger partial charge < -0.3 is 14.8 Å². The zero-order valence-electron chi connectivity index (χ0n) is 17.4. The monoisotopic (exact) mass is 440 g/mol. The van der Waals surface area contributed by atoms with Crippen LogP contribution in [0.2, 0.25) is 0 Å². The maximum absolute atomic E-state index is 12.5. The largest absolute Gasteiger partial charge is 0.497 e. The van der Waals surface area contributed by atoms with Crippen LogP contribution in [-0.2, 0) is 16.0 Å². The van der Waals surface area contributed by atoms with Gasteiger partial charge in [0.05, 0.1) is 12.0 Å². The number of carbonyl (C=O) groups excluding carboxylic acids is 3. The lowest BCUT2D eigenvalue weighted by molar-refractivity contribution is -0.125. The lowest BCUT2D eigenvalue weighted by Gasteiger charge is -2.13. The number of ether oxygens (including phenoxy) is 2. The lowest BCUT2D eigenvalue weighted by atomic mass is 10.2. The Bertz CT molecular complexity index is 970. The Morgan fingerprint density at radius 3 is 2.39 bits per heavy atom. The van der Waals surface area contributed by atoms with Crippen molar-refractivity contribution >= 4 is 34.9 Å². The van der Waals surface area contributed by atoms with Crippen LogP contribution in [0.1, 0.15) is 18.1 Å². The quantitative estimate of drug-likeness (QED) is 0.601. The number of amides is 3. The molecule has 0 saturated carbocycles. The van der Waals surface area contributed by atoms with Crippen molar-refractivity contribution in [1.82, 2.24) is 10.2 Å². The van der Waals surface area contributed by atoms with Crippen molar-refractivity contribution in [3.05, 3.63) is 64.6 Å². The van der Waals surface area contributed by atoms with Crippen molar-refractivity contribution in [2.24, 2.45) is 0 Å². The Balaban J connectivity index is 1.46. The number of aryl methyl sites for hydroxylation is 1. The van der Waals surface area contributed by atoms with Gasteiger partial charge in [-0.15, -0.1) is 0 Å². The van der Waals surface area contributed by atoms with Crippen molar-refractivity contribution in [3.8, 4) is 11.5 Å². The van der Waals surface area contributed by atoms with E-state index in [0.29, 0.717) is 16.4 Å². The number of nitrogens with one attached hydrogen (secondary N) is 1. The first-order chi connectivity index (χ1) is 15.0. The van der Waals surface area contributed by atoms with E-state index in [9.17, 15) is 14.4 Å². The minimum atomic E-state index is -0.368.